The first-order valence-corrected chi connectivity index (χ1v) is 18.9. The predicted octanol–water partition coefficient (Wildman–Crippen LogP) is 9.29. The summed E-state index contributed by atoms with van der Waals surface area (Å²) in [7, 11) is 0. The van der Waals surface area contributed by atoms with Crippen LogP contribution in [0.25, 0.3) is 0 Å². The number of hydrogen-bond donors (Lipinski definition) is 2. The second-order valence-electron chi connectivity index (χ2n) is 15.6. The van der Waals surface area contributed by atoms with Gasteiger partial charge < -0.3 is 19.7 Å². The van der Waals surface area contributed by atoms with Gasteiger partial charge in [-0.1, -0.05) is 135 Å². The first-order valence-electron chi connectivity index (χ1n) is 18.9. The molecule has 0 radical (unpaired) electrons. The Hall–Kier alpha value is -6.16. The summed E-state index contributed by atoms with van der Waals surface area (Å²) in [5.41, 5.74) is 5.84. The van der Waals surface area contributed by atoms with E-state index in [4.69, 9.17) is 19.7 Å². The minimum atomic E-state index is -1.28. The standard InChI is InChI=1S/C48H56O10/c1-31(17-13-19-33(3)21-23-37-35(5)45(55)39(29-47(37,7)8)57-43(53)27-25-41(49)50)15-11-12-16-32(2)18-14-20-34(4)22-24-38-36(6)46(56)40(30-48(38,9)10)58-44(54)28-26-42(51)52/h11-28,39-40H,29-30H2,1-10H3,(H,49,50)(H,51,52)/b12-11+,17-13+,18-14+,23-21+,24-22+,27-25+,28-26+,31-15+,32-16+,33-19+,34-20+. The highest BCUT2D eigenvalue weighted by Gasteiger charge is 2.40. The van der Waals surface area contributed by atoms with Gasteiger partial charge in [-0.3, -0.25) is 9.59 Å². The molecule has 10 heteroatoms. The molecule has 0 amide bonds. The summed E-state index contributed by atoms with van der Waals surface area (Å²) in [5.74, 6) is -4.89. The summed E-state index contributed by atoms with van der Waals surface area (Å²) in [6, 6.07) is 0. The third kappa shape index (κ3) is 15.8. The van der Waals surface area contributed by atoms with Gasteiger partial charge in [-0.2, -0.15) is 0 Å². The van der Waals surface area contributed by atoms with Crippen molar-refractivity contribution in [2.75, 3.05) is 0 Å². The Labute approximate surface area is 342 Å². The van der Waals surface area contributed by atoms with Gasteiger partial charge >= 0.3 is 23.9 Å². The first-order chi connectivity index (χ1) is 27.0. The summed E-state index contributed by atoms with van der Waals surface area (Å²) < 4.78 is 10.5. The number of hydrogen-bond acceptors (Lipinski definition) is 8. The molecule has 0 aromatic carbocycles. The molecule has 0 bridgehead atoms. The third-order valence-corrected chi connectivity index (χ3v) is 9.51. The van der Waals surface area contributed by atoms with Crippen molar-refractivity contribution in [2.24, 2.45) is 10.8 Å². The molecule has 0 heterocycles. The number of Topliss-reactive ketones (excluding diaryl/α,β-unsaturated/α-hetero) is 2. The largest absolute Gasteiger partial charge is 0.478 e. The Morgan fingerprint density at radius 3 is 1.16 bits per heavy atom. The number of ketones is 2. The fraction of sp³-hybridized carbons (Fsp3) is 0.333. The number of ether oxygens (including phenoxy) is 2. The lowest BCUT2D eigenvalue weighted by molar-refractivity contribution is -0.151. The Morgan fingerprint density at radius 1 is 0.517 bits per heavy atom. The van der Waals surface area contributed by atoms with Crippen LogP contribution in [0.1, 0.15) is 82.1 Å². The number of aliphatic carboxylic acids is 2. The van der Waals surface area contributed by atoms with Gasteiger partial charge in [0.25, 0.3) is 0 Å². The van der Waals surface area contributed by atoms with E-state index in [1.807, 2.05) is 140 Å². The lowest BCUT2D eigenvalue weighted by Crippen LogP contribution is -2.38. The molecule has 2 rings (SSSR count). The van der Waals surface area contributed by atoms with Gasteiger partial charge in [-0.05, 0) is 74.7 Å². The number of allylic oxidation sites excluding steroid dienone is 20. The molecular formula is C48H56O10. The number of carboxylic acid groups (broad SMARTS) is 2. The Bertz CT molecular complexity index is 1910. The van der Waals surface area contributed by atoms with Gasteiger partial charge in [-0.15, -0.1) is 0 Å². The molecule has 2 atom stereocenters. The van der Waals surface area contributed by atoms with E-state index in [1.165, 1.54) is 0 Å². The van der Waals surface area contributed by atoms with Crippen LogP contribution in [0.2, 0.25) is 0 Å². The molecule has 2 aliphatic carbocycles. The van der Waals surface area contributed by atoms with E-state index >= 15 is 0 Å². The highest BCUT2D eigenvalue weighted by Crippen LogP contribution is 2.42. The predicted molar refractivity (Wildman–Crippen MR) is 226 cm³/mol. The topological polar surface area (TPSA) is 161 Å². The number of carbonyl (C=O) groups is 6. The number of carboxylic acids is 2. The number of carbonyl (C=O) groups excluding carboxylic acids is 4. The molecule has 0 saturated heterocycles. The minimum absolute atomic E-state index is 0.281. The van der Waals surface area contributed by atoms with E-state index < -0.39 is 46.9 Å². The first kappa shape index (κ1) is 48.0. The van der Waals surface area contributed by atoms with E-state index in [1.54, 1.807) is 13.8 Å². The van der Waals surface area contributed by atoms with Crippen LogP contribution in [0.15, 0.2) is 154 Å². The van der Waals surface area contributed by atoms with E-state index in [0.29, 0.717) is 23.3 Å². The fourth-order valence-corrected chi connectivity index (χ4v) is 6.39. The van der Waals surface area contributed by atoms with Crippen LogP contribution in [-0.4, -0.2) is 57.9 Å². The lowest BCUT2D eigenvalue weighted by atomic mass is 9.71. The van der Waals surface area contributed by atoms with Crippen LogP contribution >= 0.6 is 0 Å². The van der Waals surface area contributed by atoms with E-state index in [0.717, 1.165) is 45.6 Å². The molecule has 58 heavy (non-hydrogen) atoms. The summed E-state index contributed by atoms with van der Waals surface area (Å²) >= 11 is 0. The maximum atomic E-state index is 13.0. The van der Waals surface area contributed by atoms with Gasteiger partial charge in [0.05, 0.1) is 0 Å². The van der Waals surface area contributed by atoms with Crippen molar-refractivity contribution in [3.63, 3.8) is 0 Å². The van der Waals surface area contributed by atoms with Crippen molar-refractivity contribution >= 4 is 35.4 Å². The Kier molecular flexibility index (Phi) is 18.2. The van der Waals surface area contributed by atoms with Crippen LogP contribution < -0.4 is 0 Å². The fourth-order valence-electron chi connectivity index (χ4n) is 6.39. The molecule has 0 spiro atoms. The molecular weight excluding hydrogens is 737 g/mol. The zero-order valence-corrected chi connectivity index (χ0v) is 35.1. The van der Waals surface area contributed by atoms with Crippen LogP contribution in [0.4, 0.5) is 0 Å². The number of rotatable bonds is 16. The van der Waals surface area contributed by atoms with Crippen LogP contribution in [0.3, 0.4) is 0 Å². The third-order valence-electron chi connectivity index (χ3n) is 9.51. The smallest absolute Gasteiger partial charge is 0.331 e. The quantitative estimate of drug-likeness (QED) is 0.0876. The average Bonchev–Trinajstić information content (AvgIpc) is 3.12. The van der Waals surface area contributed by atoms with E-state index in [-0.39, 0.29) is 24.4 Å². The van der Waals surface area contributed by atoms with Gasteiger partial charge in [0.15, 0.2) is 23.8 Å². The normalized spacial score (nSPS) is 21.3. The molecule has 2 unspecified atom stereocenters. The second-order valence-corrected chi connectivity index (χ2v) is 15.6. The molecule has 2 N–H and O–H groups in total. The zero-order chi connectivity index (χ0) is 43.8. The van der Waals surface area contributed by atoms with Gasteiger partial charge in [0.2, 0.25) is 0 Å². The maximum Gasteiger partial charge on any atom is 0.331 e. The molecule has 10 nitrogen and oxygen atoms in total. The average molecular weight is 793 g/mol. The molecule has 2 aliphatic rings. The van der Waals surface area contributed by atoms with Crippen molar-refractivity contribution in [3.8, 4) is 0 Å². The summed E-state index contributed by atoms with van der Waals surface area (Å²) in [4.78, 5) is 71.3. The molecule has 0 aliphatic heterocycles. The summed E-state index contributed by atoms with van der Waals surface area (Å²) in [6.07, 6.45) is 29.0. The lowest BCUT2D eigenvalue weighted by Gasteiger charge is -2.36. The minimum Gasteiger partial charge on any atom is -0.478 e. The highest BCUT2D eigenvalue weighted by atomic mass is 16.6. The summed E-state index contributed by atoms with van der Waals surface area (Å²) in [5, 5.41) is 17.4. The van der Waals surface area contributed by atoms with Gasteiger partial charge in [0, 0.05) is 37.1 Å². The SMILES string of the molecule is CC1=C(/C=C/C(C)=C/C=C/C(C)=C/C=C/C=C(C)/C=C/C=C(C)/C=C/C2=C(C)C(=O)C(OC(=O)/C=C/C(=O)O)CC2(C)C)C(C)(C)CC(OC(=O)/C=C/C(=O)O)C1=O. The van der Waals surface area contributed by atoms with Crippen molar-refractivity contribution in [1.82, 2.24) is 0 Å². The molecule has 0 saturated carbocycles. The molecule has 0 aromatic rings. The van der Waals surface area contributed by atoms with E-state index in [9.17, 15) is 28.8 Å². The van der Waals surface area contributed by atoms with Crippen molar-refractivity contribution in [1.29, 1.82) is 0 Å². The molecule has 308 valence electrons. The molecule has 0 fully saturated rings. The van der Waals surface area contributed by atoms with Crippen LogP contribution in [0.5, 0.6) is 0 Å². The van der Waals surface area contributed by atoms with Gasteiger partial charge in [-0.25, -0.2) is 19.2 Å². The van der Waals surface area contributed by atoms with Gasteiger partial charge in [0.1, 0.15) is 0 Å². The summed E-state index contributed by atoms with van der Waals surface area (Å²) in [6.45, 7) is 19.2. The second kappa shape index (κ2) is 22.0. The van der Waals surface area contributed by atoms with Crippen molar-refractivity contribution < 1.29 is 48.5 Å². The van der Waals surface area contributed by atoms with Crippen LogP contribution in [-0.2, 0) is 38.2 Å². The highest BCUT2D eigenvalue weighted by molar-refractivity contribution is 6.03. The molecule has 0 aromatic heterocycles. The monoisotopic (exact) mass is 792 g/mol. The Morgan fingerprint density at radius 2 is 0.828 bits per heavy atom. The zero-order valence-electron chi connectivity index (χ0n) is 35.1. The maximum absolute atomic E-state index is 13.0. The Balaban J connectivity index is 1.99. The van der Waals surface area contributed by atoms with Crippen molar-refractivity contribution in [2.45, 2.75) is 94.3 Å². The number of esters is 2. The van der Waals surface area contributed by atoms with E-state index in [2.05, 4.69) is 0 Å². The van der Waals surface area contributed by atoms with Crippen molar-refractivity contribution in [3.05, 3.63) is 154 Å². The van der Waals surface area contributed by atoms with Crippen LogP contribution in [0, 0.1) is 10.8 Å².